The normalized spacial score (nSPS) is 10.4. The van der Waals surface area contributed by atoms with Crippen LogP contribution in [0, 0.1) is 0 Å². The van der Waals surface area contributed by atoms with Crippen LogP contribution in [-0.4, -0.2) is 27.1 Å². The van der Waals surface area contributed by atoms with Gasteiger partial charge in [0.1, 0.15) is 11.5 Å². The lowest BCUT2D eigenvalue weighted by atomic mass is 9.96. The summed E-state index contributed by atoms with van der Waals surface area (Å²) in [4.78, 5) is 13.3. The minimum Gasteiger partial charge on any atom is -0.496 e. The standard InChI is InChI=1S/C23H22O5/c1-5-7-16-12-17(14-21(26-3)23(16)27-4)22(24)18-13-15(9-10-20(18)25-2)19-8-6-11-28-19/h5-6,8-14H,1,7H2,2-4H3. The molecular weight excluding hydrogens is 356 g/mol. The maximum atomic E-state index is 13.3. The number of furan rings is 1. The van der Waals surface area contributed by atoms with Gasteiger partial charge in [-0.25, -0.2) is 0 Å². The van der Waals surface area contributed by atoms with Crippen molar-refractivity contribution in [3.63, 3.8) is 0 Å². The molecule has 1 heterocycles. The fourth-order valence-corrected chi connectivity index (χ4v) is 3.12. The zero-order chi connectivity index (χ0) is 20.1. The van der Waals surface area contributed by atoms with Crippen molar-refractivity contribution in [2.24, 2.45) is 0 Å². The van der Waals surface area contributed by atoms with Crippen LogP contribution >= 0.6 is 0 Å². The van der Waals surface area contributed by atoms with Gasteiger partial charge in [0, 0.05) is 16.7 Å². The molecule has 0 atom stereocenters. The number of carbonyl (C=O) groups excluding carboxylic acids is 1. The lowest BCUT2D eigenvalue weighted by Gasteiger charge is -2.15. The monoisotopic (exact) mass is 378 g/mol. The van der Waals surface area contributed by atoms with Crippen molar-refractivity contribution < 1.29 is 23.4 Å². The van der Waals surface area contributed by atoms with Crippen LogP contribution in [0.2, 0.25) is 0 Å². The number of hydrogen-bond donors (Lipinski definition) is 0. The molecule has 28 heavy (non-hydrogen) atoms. The number of carbonyl (C=O) groups is 1. The Bertz CT molecular complexity index is 986. The highest BCUT2D eigenvalue weighted by atomic mass is 16.5. The molecule has 0 aliphatic carbocycles. The number of allylic oxidation sites excluding steroid dienone is 1. The van der Waals surface area contributed by atoms with Gasteiger partial charge in [-0.3, -0.25) is 4.79 Å². The lowest BCUT2D eigenvalue weighted by molar-refractivity contribution is 0.103. The van der Waals surface area contributed by atoms with Crippen LogP contribution in [0.5, 0.6) is 17.2 Å². The molecule has 1 aromatic heterocycles. The van der Waals surface area contributed by atoms with Gasteiger partial charge in [0.2, 0.25) is 0 Å². The van der Waals surface area contributed by atoms with Gasteiger partial charge in [-0.05, 0) is 48.9 Å². The molecule has 0 saturated heterocycles. The molecule has 0 amide bonds. The molecular formula is C23H22O5. The van der Waals surface area contributed by atoms with E-state index in [0.29, 0.717) is 40.6 Å². The minimum atomic E-state index is -0.184. The molecule has 3 rings (SSSR count). The van der Waals surface area contributed by atoms with Gasteiger partial charge >= 0.3 is 0 Å². The molecule has 0 bridgehead atoms. The summed E-state index contributed by atoms with van der Waals surface area (Å²) in [5.74, 6) is 2.06. The van der Waals surface area contributed by atoms with E-state index in [1.54, 1.807) is 56.9 Å². The number of rotatable bonds is 8. The van der Waals surface area contributed by atoms with Gasteiger partial charge in [0.05, 0.1) is 33.2 Å². The SMILES string of the molecule is C=CCc1cc(C(=O)c2cc(-c3ccco3)ccc2OC)cc(OC)c1OC. The highest BCUT2D eigenvalue weighted by molar-refractivity contribution is 6.11. The highest BCUT2D eigenvalue weighted by Crippen LogP contribution is 2.35. The van der Waals surface area contributed by atoms with Crippen molar-refractivity contribution in [2.75, 3.05) is 21.3 Å². The molecule has 144 valence electrons. The van der Waals surface area contributed by atoms with Gasteiger partial charge in [0.25, 0.3) is 0 Å². The number of ketones is 1. The van der Waals surface area contributed by atoms with Gasteiger partial charge in [-0.2, -0.15) is 0 Å². The van der Waals surface area contributed by atoms with Crippen molar-refractivity contribution in [3.05, 3.63) is 78.1 Å². The first-order valence-corrected chi connectivity index (χ1v) is 8.75. The van der Waals surface area contributed by atoms with Gasteiger partial charge in [-0.1, -0.05) is 6.08 Å². The molecule has 0 N–H and O–H groups in total. The fraction of sp³-hybridized carbons (Fsp3) is 0.174. The smallest absolute Gasteiger partial charge is 0.196 e. The van der Waals surface area contributed by atoms with E-state index >= 15 is 0 Å². The summed E-state index contributed by atoms with van der Waals surface area (Å²) < 4.78 is 21.8. The minimum absolute atomic E-state index is 0.184. The van der Waals surface area contributed by atoms with E-state index in [1.165, 1.54) is 7.11 Å². The molecule has 5 nitrogen and oxygen atoms in total. The lowest BCUT2D eigenvalue weighted by Crippen LogP contribution is -2.07. The Morgan fingerprint density at radius 3 is 2.43 bits per heavy atom. The molecule has 0 unspecified atom stereocenters. The van der Waals surface area contributed by atoms with Crippen LogP contribution in [0.15, 0.2) is 65.8 Å². The summed E-state index contributed by atoms with van der Waals surface area (Å²) >= 11 is 0. The Hall–Kier alpha value is -3.47. The number of hydrogen-bond acceptors (Lipinski definition) is 5. The van der Waals surface area contributed by atoms with E-state index in [-0.39, 0.29) is 5.78 Å². The fourth-order valence-electron chi connectivity index (χ4n) is 3.12. The molecule has 5 heteroatoms. The van der Waals surface area contributed by atoms with Crippen LogP contribution in [-0.2, 0) is 6.42 Å². The third-order valence-corrected chi connectivity index (χ3v) is 4.43. The Kier molecular flexibility index (Phi) is 5.84. The molecule has 0 aliphatic heterocycles. The van der Waals surface area contributed by atoms with E-state index in [9.17, 15) is 4.79 Å². The number of ether oxygens (including phenoxy) is 3. The van der Waals surface area contributed by atoms with Crippen LogP contribution in [0.4, 0.5) is 0 Å². The first kappa shape index (κ1) is 19.3. The maximum absolute atomic E-state index is 13.3. The Balaban J connectivity index is 2.12. The van der Waals surface area contributed by atoms with Crippen LogP contribution < -0.4 is 14.2 Å². The molecule has 2 aromatic carbocycles. The second-order valence-electron chi connectivity index (χ2n) is 6.09. The Labute approximate surface area is 164 Å². The van der Waals surface area contributed by atoms with Crippen LogP contribution in [0.25, 0.3) is 11.3 Å². The van der Waals surface area contributed by atoms with Crippen molar-refractivity contribution in [3.8, 4) is 28.6 Å². The highest BCUT2D eigenvalue weighted by Gasteiger charge is 2.20. The summed E-state index contributed by atoms with van der Waals surface area (Å²) in [6.45, 7) is 3.78. The third kappa shape index (κ3) is 3.64. The number of methoxy groups -OCH3 is 3. The quantitative estimate of drug-likeness (QED) is 0.411. The third-order valence-electron chi connectivity index (χ3n) is 4.43. The summed E-state index contributed by atoms with van der Waals surface area (Å²) in [5.41, 5.74) is 2.53. The van der Waals surface area contributed by atoms with Gasteiger partial charge < -0.3 is 18.6 Å². The Morgan fingerprint density at radius 2 is 1.82 bits per heavy atom. The predicted molar refractivity (Wildman–Crippen MR) is 108 cm³/mol. The number of benzene rings is 2. The zero-order valence-corrected chi connectivity index (χ0v) is 16.2. The molecule has 0 aliphatic rings. The molecule has 3 aromatic rings. The van der Waals surface area contributed by atoms with Crippen molar-refractivity contribution in [1.29, 1.82) is 0 Å². The molecule has 0 saturated carbocycles. The van der Waals surface area contributed by atoms with E-state index < -0.39 is 0 Å². The first-order valence-electron chi connectivity index (χ1n) is 8.75. The second-order valence-corrected chi connectivity index (χ2v) is 6.09. The molecule has 0 radical (unpaired) electrons. The summed E-state index contributed by atoms with van der Waals surface area (Å²) in [6.07, 6.45) is 3.89. The van der Waals surface area contributed by atoms with E-state index in [4.69, 9.17) is 18.6 Å². The molecule has 0 fully saturated rings. The van der Waals surface area contributed by atoms with Crippen LogP contribution in [0.3, 0.4) is 0 Å². The second kappa shape index (κ2) is 8.48. The largest absolute Gasteiger partial charge is 0.496 e. The van der Waals surface area contributed by atoms with E-state index in [0.717, 1.165) is 11.1 Å². The van der Waals surface area contributed by atoms with E-state index in [1.807, 2.05) is 12.1 Å². The Morgan fingerprint density at radius 1 is 1.04 bits per heavy atom. The van der Waals surface area contributed by atoms with Crippen molar-refractivity contribution >= 4 is 5.78 Å². The topological polar surface area (TPSA) is 57.9 Å². The summed E-state index contributed by atoms with van der Waals surface area (Å²) in [5, 5.41) is 0. The first-order chi connectivity index (χ1) is 13.6. The van der Waals surface area contributed by atoms with Crippen molar-refractivity contribution in [1.82, 2.24) is 0 Å². The summed E-state index contributed by atoms with van der Waals surface area (Å²) in [7, 11) is 4.65. The van der Waals surface area contributed by atoms with Gasteiger partial charge in [0.15, 0.2) is 17.3 Å². The van der Waals surface area contributed by atoms with E-state index in [2.05, 4.69) is 6.58 Å². The van der Waals surface area contributed by atoms with Crippen molar-refractivity contribution in [2.45, 2.75) is 6.42 Å². The maximum Gasteiger partial charge on any atom is 0.196 e. The predicted octanol–water partition coefficient (Wildman–Crippen LogP) is 4.93. The van der Waals surface area contributed by atoms with Gasteiger partial charge in [-0.15, -0.1) is 6.58 Å². The average Bonchev–Trinajstić information content (AvgIpc) is 3.27. The zero-order valence-electron chi connectivity index (χ0n) is 16.2. The molecule has 0 spiro atoms. The summed E-state index contributed by atoms with van der Waals surface area (Å²) in [6, 6.07) is 12.5. The van der Waals surface area contributed by atoms with Crippen LogP contribution in [0.1, 0.15) is 21.5 Å². The average molecular weight is 378 g/mol.